The molecule has 0 aromatic heterocycles. The van der Waals surface area contributed by atoms with Crippen LogP contribution < -0.4 is 16.4 Å². The first-order valence-corrected chi connectivity index (χ1v) is 8.42. The van der Waals surface area contributed by atoms with Crippen molar-refractivity contribution in [2.24, 2.45) is 5.73 Å². The number of nitrogens with one attached hydrogen (secondary N) is 2. The third-order valence-corrected chi connectivity index (χ3v) is 4.95. The van der Waals surface area contributed by atoms with E-state index in [2.05, 4.69) is 10.6 Å². The predicted molar refractivity (Wildman–Crippen MR) is 86.2 cm³/mol. The van der Waals surface area contributed by atoms with Crippen molar-refractivity contribution in [2.75, 3.05) is 20.2 Å². The van der Waals surface area contributed by atoms with Crippen LogP contribution in [0, 0.1) is 0 Å². The molecule has 0 radical (unpaired) electrons. The Labute approximate surface area is 142 Å². The highest BCUT2D eigenvalue weighted by Gasteiger charge is 2.49. The molecule has 24 heavy (non-hydrogen) atoms. The molecule has 0 aromatic carbocycles. The molecule has 9 atom stereocenters. The summed E-state index contributed by atoms with van der Waals surface area (Å²) in [6.45, 7) is 4.09. The van der Waals surface area contributed by atoms with Crippen LogP contribution in [0.4, 0.5) is 0 Å². The highest BCUT2D eigenvalue weighted by atomic mass is 16.7. The minimum atomic E-state index is -1.25. The van der Waals surface area contributed by atoms with E-state index in [0.29, 0.717) is 13.0 Å². The molecule has 1 heterocycles. The average Bonchev–Trinajstić information content (AvgIpc) is 2.51. The molecule has 8 N–H and O–H groups in total. The first kappa shape index (κ1) is 20.0. The van der Waals surface area contributed by atoms with Crippen molar-refractivity contribution in [1.29, 1.82) is 0 Å². The molecular weight excluding hydrogens is 318 g/mol. The number of rotatable bonds is 5. The molecule has 1 saturated heterocycles. The number of nitrogens with two attached hydrogens (primary N) is 1. The van der Waals surface area contributed by atoms with Crippen LogP contribution in [0.25, 0.3) is 0 Å². The summed E-state index contributed by atoms with van der Waals surface area (Å²) in [6.07, 6.45) is -4.86. The Morgan fingerprint density at radius 1 is 1.25 bits per heavy atom. The minimum absolute atomic E-state index is 0.0308. The highest BCUT2D eigenvalue weighted by molar-refractivity contribution is 5.01. The van der Waals surface area contributed by atoms with Crippen LogP contribution in [0.5, 0.6) is 0 Å². The zero-order chi connectivity index (χ0) is 18.1. The number of aliphatic hydroxyl groups is 4. The first-order chi connectivity index (χ1) is 11.2. The van der Waals surface area contributed by atoms with Gasteiger partial charge in [0, 0.05) is 12.1 Å². The fraction of sp³-hybridized carbons (Fsp3) is 1.00. The maximum Gasteiger partial charge on any atom is 0.185 e. The standard InChI is InChI=1S/C15H31N3O6/c1-4-18-8-5-7(16)9(19)10(20)12(8)24-14-11(21)13(17-3)15(2,22)6-23-14/h7-14,17-22H,4-6,16H2,1-3H3/t7-,8+,9?,10-,11+,12-,13+,14+,15-/m0/s1. The Morgan fingerprint density at radius 3 is 2.50 bits per heavy atom. The Balaban J connectivity index is 2.11. The van der Waals surface area contributed by atoms with E-state index in [1.807, 2.05) is 6.92 Å². The van der Waals surface area contributed by atoms with Crippen LogP contribution in [0.15, 0.2) is 0 Å². The maximum atomic E-state index is 10.5. The molecule has 2 aliphatic rings. The second-order valence-electron chi connectivity index (χ2n) is 6.94. The van der Waals surface area contributed by atoms with Crippen LogP contribution in [0.3, 0.4) is 0 Å². The summed E-state index contributed by atoms with van der Waals surface area (Å²) in [5.74, 6) is 0. The van der Waals surface area contributed by atoms with Gasteiger partial charge in [0.2, 0.25) is 0 Å². The van der Waals surface area contributed by atoms with Crippen molar-refractivity contribution in [3.05, 3.63) is 0 Å². The lowest BCUT2D eigenvalue weighted by Crippen LogP contribution is -2.68. The molecule has 1 unspecified atom stereocenters. The van der Waals surface area contributed by atoms with E-state index in [0.717, 1.165) is 0 Å². The molecule has 1 saturated carbocycles. The molecule has 0 bridgehead atoms. The summed E-state index contributed by atoms with van der Waals surface area (Å²) in [6, 6.07) is -1.50. The molecule has 0 aromatic rings. The Hall–Kier alpha value is -0.360. The van der Waals surface area contributed by atoms with Crippen LogP contribution in [0.1, 0.15) is 20.3 Å². The number of hydrogen-bond acceptors (Lipinski definition) is 9. The topological polar surface area (TPSA) is 149 Å². The summed E-state index contributed by atoms with van der Waals surface area (Å²) < 4.78 is 11.3. The molecule has 1 aliphatic carbocycles. The number of likely N-dealkylation sites (N-methyl/N-ethyl adjacent to an activating group) is 2. The lowest BCUT2D eigenvalue weighted by atomic mass is 9.84. The van der Waals surface area contributed by atoms with Crippen LogP contribution in [-0.4, -0.2) is 95.1 Å². The SMILES string of the molecule is CCN[C@@H]1C[C@H](N)C(O)[C@H](O)[C@H]1O[C@H]1OC[C@](C)(O)[C@H](NC)[C@H]1O. The Morgan fingerprint density at radius 2 is 1.92 bits per heavy atom. The van der Waals surface area contributed by atoms with E-state index in [1.165, 1.54) is 0 Å². The van der Waals surface area contributed by atoms with E-state index in [-0.39, 0.29) is 12.6 Å². The Kier molecular flexibility index (Phi) is 6.57. The quantitative estimate of drug-likeness (QED) is 0.273. The third kappa shape index (κ3) is 3.90. The lowest BCUT2D eigenvalue weighted by molar-refractivity contribution is -0.297. The van der Waals surface area contributed by atoms with Gasteiger partial charge in [0.05, 0.1) is 18.8 Å². The largest absolute Gasteiger partial charge is 0.389 e. The zero-order valence-electron chi connectivity index (χ0n) is 14.4. The van der Waals surface area contributed by atoms with Gasteiger partial charge < -0.3 is 46.3 Å². The minimum Gasteiger partial charge on any atom is -0.389 e. The summed E-state index contributed by atoms with van der Waals surface area (Å²) in [5.41, 5.74) is 4.61. The van der Waals surface area contributed by atoms with E-state index in [9.17, 15) is 20.4 Å². The van der Waals surface area contributed by atoms with E-state index in [4.69, 9.17) is 15.2 Å². The van der Waals surface area contributed by atoms with Gasteiger partial charge in [-0.1, -0.05) is 6.92 Å². The summed E-state index contributed by atoms with van der Waals surface area (Å²) in [5, 5.41) is 47.2. The van der Waals surface area contributed by atoms with Gasteiger partial charge in [0.15, 0.2) is 6.29 Å². The zero-order valence-corrected chi connectivity index (χ0v) is 14.4. The maximum absolute atomic E-state index is 10.5. The number of aliphatic hydroxyl groups excluding tert-OH is 3. The number of ether oxygens (including phenoxy) is 2. The average molecular weight is 349 g/mol. The van der Waals surface area contributed by atoms with Gasteiger partial charge in [-0.3, -0.25) is 0 Å². The molecule has 0 spiro atoms. The normalized spacial score (nSPS) is 50.0. The van der Waals surface area contributed by atoms with Gasteiger partial charge >= 0.3 is 0 Å². The van der Waals surface area contributed by atoms with Gasteiger partial charge in [-0.15, -0.1) is 0 Å². The van der Waals surface area contributed by atoms with Crippen molar-refractivity contribution in [1.82, 2.24) is 10.6 Å². The lowest BCUT2D eigenvalue weighted by Gasteiger charge is -2.47. The van der Waals surface area contributed by atoms with E-state index < -0.39 is 48.4 Å². The van der Waals surface area contributed by atoms with Crippen LogP contribution in [0.2, 0.25) is 0 Å². The molecule has 0 amide bonds. The van der Waals surface area contributed by atoms with E-state index in [1.54, 1.807) is 14.0 Å². The van der Waals surface area contributed by atoms with E-state index >= 15 is 0 Å². The molecule has 2 fully saturated rings. The second-order valence-corrected chi connectivity index (χ2v) is 6.94. The summed E-state index contributed by atoms with van der Waals surface area (Å²) in [4.78, 5) is 0. The molecule has 1 aliphatic heterocycles. The van der Waals surface area contributed by atoms with Crippen LogP contribution >= 0.6 is 0 Å². The van der Waals surface area contributed by atoms with Crippen molar-refractivity contribution in [3.8, 4) is 0 Å². The fourth-order valence-corrected chi connectivity index (χ4v) is 3.61. The first-order valence-electron chi connectivity index (χ1n) is 8.42. The molecular formula is C15H31N3O6. The van der Waals surface area contributed by atoms with Gasteiger partial charge in [-0.05, 0) is 26.9 Å². The van der Waals surface area contributed by atoms with Gasteiger partial charge in [-0.25, -0.2) is 0 Å². The van der Waals surface area contributed by atoms with Gasteiger partial charge in [0.1, 0.15) is 23.9 Å². The molecule has 9 nitrogen and oxygen atoms in total. The van der Waals surface area contributed by atoms with Crippen molar-refractivity contribution in [2.45, 2.75) is 74.7 Å². The molecule has 2 rings (SSSR count). The van der Waals surface area contributed by atoms with Crippen molar-refractivity contribution < 1.29 is 29.9 Å². The molecule has 142 valence electrons. The summed E-state index contributed by atoms with van der Waals surface area (Å²) >= 11 is 0. The predicted octanol–water partition coefficient (Wildman–Crippen LogP) is -3.14. The van der Waals surface area contributed by atoms with Gasteiger partial charge in [0.25, 0.3) is 0 Å². The smallest absolute Gasteiger partial charge is 0.185 e. The monoisotopic (exact) mass is 349 g/mol. The fourth-order valence-electron chi connectivity index (χ4n) is 3.61. The van der Waals surface area contributed by atoms with Crippen molar-refractivity contribution in [3.63, 3.8) is 0 Å². The Bertz CT molecular complexity index is 413. The second kappa shape index (κ2) is 7.90. The third-order valence-electron chi connectivity index (χ3n) is 4.95. The van der Waals surface area contributed by atoms with Crippen molar-refractivity contribution >= 4 is 0 Å². The van der Waals surface area contributed by atoms with Gasteiger partial charge in [-0.2, -0.15) is 0 Å². The summed E-state index contributed by atoms with van der Waals surface area (Å²) in [7, 11) is 1.63. The highest BCUT2D eigenvalue weighted by Crippen LogP contribution is 2.29. The number of hydrogen-bond donors (Lipinski definition) is 7. The van der Waals surface area contributed by atoms with Crippen LogP contribution in [-0.2, 0) is 9.47 Å². The molecule has 9 heteroatoms.